The van der Waals surface area contributed by atoms with Crippen molar-refractivity contribution >= 4 is 17.4 Å². The van der Waals surface area contributed by atoms with Crippen molar-refractivity contribution in [3.63, 3.8) is 0 Å². The summed E-state index contributed by atoms with van der Waals surface area (Å²) in [5.74, 6) is 0.508. The topological polar surface area (TPSA) is 94.5 Å². The lowest BCUT2D eigenvalue weighted by Crippen LogP contribution is -2.31. The van der Waals surface area contributed by atoms with E-state index < -0.39 is 17.7 Å². The molecular formula is C35H41NO7. The van der Waals surface area contributed by atoms with E-state index in [1.807, 2.05) is 31.2 Å². The van der Waals surface area contributed by atoms with Crippen LogP contribution < -0.4 is 14.2 Å². The highest BCUT2D eigenvalue weighted by Gasteiger charge is 2.46. The second kappa shape index (κ2) is 14.7. The lowest BCUT2D eigenvalue weighted by molar-refractivity contribution is -0.140. The van der Waals surface area contributed by atoms with Crippen molar-refractivity contribution in [1.82, 2.24) is 4.90 Å². The van der Waals surface area contributed by atoms with Crippen molar-refractivity contribution in [2.75, 3.05) is 34.0 Å². The number of likely N-dealkylation sites (tertiary alicyclic amines) is 1. The molecule has 8 heteroatoms. The second-order valence-corrected chi connectivity index (χ2v) is 11.1. The average Bonchev–Trinajstić information content (AvgIpc) is 3.25. The van der Waals surface area contributed by atoms with Gasteiger partial charge in [0.1, 0.15) is 18.1 Å². The predicted octanol–water partition coefficient (Wildman–Crippen LogP) is 6.47. The van der Waals surface area contributed by atoms with E-state index in [1.165, 1.54) is 4.90 Å². The summed E-state index contributed by atoms with van der Waals surface area (Å²) < 4.78 is 22.7. The highest BCUT2D eigenvalue weighted by atomic mass is 16.5. The van der Waals surface area contributed by atoms with E-state index in [2.05, 4.69) is 19.9 Å². The molecule has 1 fully saturated rings. The van der Waals surface area contributed by atoms with Crippen LogP contribution in [-0.2, 0) is 20.9 Å². The van der Waals surface area contributed by atoms with Gasteiger partial charge in [-0.05, 0) is 73.2 Å². The van der Waals surface area contributed by atoms with Crippen LogP contribution in [0.2, 0.25) is 0 Å². The fourth-order valence-corrected chi connectivity index (χ4v) is 5.05. The largest absolute Gasteiger partial charge is 0.507 e. The zero-order chi connectivity index (χ0) is 30.9. The molecule has 1 saturated heterocycles. The van der Waals surface area contributed by atoms with Gasteiger partial charge in [-0.1, -0.05) is 49.7 Å². The number of aryl methyl sites for hydroxylation is 1. The molecule has 1 heterocycles. The first-order valence-electron chi connectivity index (χ1n) is 14.6. The number of ether oxygens (including phenoxy) is 4. The minimum absolute atomic E-state index is 0.0198. The van der Waals surface area contributed by atoms with E-state index in [-0.39, 0.29) is 17.9 Å². The number of rotatable bonds is 14. The molecule has 0 saturated carbocycles. The molecule has 3 aromatic rings. The molecule has 1 amide bonds. The van der Waals surface area contributed by atoms with Gasteiger partial charge >= 0.3 is 0 Å². The van der Waals surface area contributed by atoms with E-state index in [0.717, 1.165) is 17.5 Å². The van der Waals surface area contributed by atoms with Crippen LogP contribution in [0.1, 0.15) is 55.0 Å². The maximum absolute atomic E-state index is 13.4. The van der Waals surface area contributed by atoms with Crippen molar-refractivity contribution < 1.29 is 33.6 Å². The van der Waals surface area contributed by atoms with Crippen LogP contribution in [0.15, 0.2) is 72.3 Å². The van der Waals surface area contributed by atoms with Crippen molar-refractivity contribution in [1.29, 1.82) is 0 Å². The van der Waals surface area contributed by atoms with Gasteiger partial charge in [0, 0.05) is 25.8 Å². The molecule has 0 aromatic heterocycles. The lowest BCUT2D eigenvalue weighted by Gasteiger charge is -2.26. The summed E-state index contributed by atoms with van der Waals surface area (Å²) in [4.78, 5) is 28.2. The number of methoxy groups -OCH3 is 2. The van der Waals surface area contributed by atoms with Crippen molar-refractivity contribution in [3.05, 3.63) is 94.6 Å². The van der Waals surface area contributed by atoms with Gasteiger partial charge in [0.25, 0.3) is 11.7 Å². The van der Waals surface area contributed by atoms with Gasteiger partial charge in [0.2, 0.25) is 0 Å². The Morgan fingerprint density at radius 1 is 0.930 bits per heavy atom. The third-order valence-electron chi connectivity index (χ3n) is 7.36. The Balaban J connectivity index is 1.65. The maximum atomic E-state index is 13.4. The molecule has 8 nitrogen and oxygen atoms in total. The maximum Gasteiger partial charge on any atom is 0.295 e. The highest BCUT2D eigenvalue weighted by molar-refractivity contribution is 6.46. The molecular weight excluding hydrogens is 546 g/mol. The molecule has 0 bridgehead atoms. The Kier molecular flexibility index (Phi) is 10.8. The SMILES string of the molecule is COCCCN1C(=O)C(=O)C(=C(O)c2ccc(OCc3cccc(C)c3)cc2)C1c1ccc(OCCC(C)C)c(OC)c1. The summed E-state index contributed by atoms with van der Waals surface area (Å²) in [6.07, 6.45) is 1.42. The number of aliphatic hydroxyl groups is 1. The molecule has 1 atom stereocenters. The summed E-state index contributed by atoms with van der Waals surface area (Å²) in [5, 5.41) is 11.5. The number of hydrogen-bond acceptors (Lipinski definition) is 7. The number of carbonyl (C=O) groups is 2. The normalized spacial score (nSPS) is 16.1. The molecule has 0 radical (unpaired) electrons. The van der Waals surface area contributed by atoms with Crippen LogP contribution in [-0.4, -0.2) is 55.7 Å². The quantitative estimate of drug-likeness (QED) is 0.100. The second-order valence-electron chi connectivity index (χ2n) is 11.1. The van der Waals surface area contributed by atoms with Crippen LogP contribution in [0.3, 0.4) is 0 Å². The molecule has 228 valence electrons. The van der Waals surface area contributed by atoms with E-state index >= 15 is 0 Å². The summed E-state index contributed by atoms with van der Waals surface area (Å²) >= 11 is 0. The Bertz CT molecular complexity index is 1440. The van der Waals surface area contributed by atoms with Crippen LogP contribution >= 0.6 is 0 Å². The first-order chi connectivity index (χ1) is 20.7. The Morgan fingerprint density at radius 2 is 1.70 bits per heavy atom. The highest BCUT2D eigenvalue weighted by Crippen LogP contribution is 2.42. The van der Waals surface area contributed by atoms with E-state index in [0.29, 0.717) is 60.5 Å². The molecule has 0 aliphatic carbocycles. The third kappa shape index (κ3) is 7.76. The molecule has 1 N–H and O–H groups in total. The molecule has 1 aliphatic heterocycles. The molecule has 4 rings (SSSR count). The predicted molar refractivity (Wildman–Crippen MR) is 165 cm³/mol. The molecule has 43 heavy (non-hydrogen) atoms. The Hall–Kier alpha value is -4.30. The van der Waals surface area contributed by atoms with Crippen LogP contribution in [0.4, 0.5) is 0 Å². The number of Topliss-reactive ketones (excluding diaryl/α,β-unsaturated/α-hetero) is 1. The molecule has 0 spiro atoms. The number of nitrogens with zero attached hydrogens (tertiary/aromatic N) is 1. The summed E-state index contributed by atoms with van der Waals surface area (Å²) in [5.41, 5.74) is 3.26. The Morgan fingerprint density at radius 3 is 2.37 bits per heavy atom. The smallest absolute Gasteiger partial charge is 0.295 e. The van der Waals surface area contributed by atoms with Gasteiger partial charge in [-0.25, -0.2) is 0 Å². The fraction of sp³-hybridized carbons (Fsp3) is 0.371. The summed E-state index contributed by atoms with van der Waals surface area (Å²) in [7, 11) is 3.13. The van der Waals surface area contributed by atoms with Gasteiger partial charge in [-0.15, -0.1) is 0 Å². The minimum Gasteiger partial charge on any atom is -0.507 e. The van der Waals surface area contributed by atoms with Crippen LogP contribution in [0, 0.1) is 12.8 Å². The molecule has 1 aliphatic rings. The fourth-order valence-electron chi connectivity index (χ4n) is 5.05. The van der Waals surface area contributed by atoms with Crippen molar-refractivity contribution in [2.24, 2.45) is 5.92 Å². The van der Waals surface area contributed by atoms with Gasteiger partial charge in [0.05, 0.1) is 25.3 Å². The monoisotopic (exact) mass is 587 g/mol. The third-order valence-corrected chi connectivity index (χ3v) is 7.36. The van der Waals surface area contributed by atoms with Gasteiger partial charge < -0.3 is 29.0 Å². The molecule has 1 unspecified atom stereocenters. The average molecular weight is 588 g/mol. The number of hydrogen-bond donors (Lipinski definition) is 1. The minimum atomic E-state index is -0.812. The number of benzene rings is 3. The number of carbonyl (C=O) groups excluding carboxylic acids is 2. The first kappa shape index (κ1) is 31.6. The lowest BCUT2D eigenvalue weighted by atomic mass is 9.95. The Labute approximate surface area is 253 Å². The number of ketones is 1. The van der Waals surface area contributed by atoms with E-state index in [4.69, 9.17) is 18.9 Å². The zero-order valence-corrected chi connectivity index (χ0v) is 25.6. The van der Waals surface area contributed by atoms with Gasteiger partial charge in [0.15, 0.2) is 11.5 Å². The standard InChI is InChI=1S/C35H41NO7/c1-23(2)16-19-42-29-15-12-27(21-30(29)41-5)32-31(34(38)35(39)36(32)17-7-18-40-4)33(37)26-10-13-28(14-11-26)43-22-25-9-6-8-24(3)20-25/h6,8-15,20-21,23,32,37H,7,16-19,22H2,1-5H3. The molecule has 3 aromatic carbocycles. The van der Waals surface area contributed by atoms with E-state index in [1.54, 1.807) is 50.6 Å². The van der Waals surface area contributed by atoms with Crippen molar-refractivity contribution in [2.45, 2.75) is 46.3 Å². The van der Waals surface area contributed by atoms with Gasteiger partial charge in [-0.3, -0.25) is 9.59 Å². The van der Waals surface area contributed by atoms with Crippen molar-refractivity contribution in [3.8, 4) is 17.2 Å². The van der Waals surface area contributed by atoms with Gasteiger partial charge in [-0.2, -0.15) is 0 Å². The van der Waals surface area contributed by atoms with E-state index in [9.17, 15) is 14.7 Å². The van der Waals surface area contributed by atoms with Crippen LogP contribution in [0.5, 0.6) is 17.2 Å². The number of aliphatic hydroxyl groups excluding tert-OH is 1. The summed E-state index contributed by atoms with van der Waals surface area (Å²) in [6, 6.07) is 19.5. The van der Waals surface area contributed by atoms with Crippen LogP contribution in [0.25, 0.3) is 5.76 Å². The summed E-state index contributed by atoms with van der Waals surface area (Å²) in [6.45, 7) is 7.92. The first-order valence-corrected chi connectivity index (χ1v) is 14.6. The number of amides is 1. The zero-order valence-electron chi connectivity index (χ0n) is 25.6.